The average molecular weight is 376 g/mol. The minimum atomic E-state index is -1.63. The van der Waals surface area contributed by atoms with Crippen molar-refractivity contribution in [2.45, 2.75) is 25.8 Å². The van der Waals surface area contributed by atoms with Gasteiger partial charge < -0.3 is 5.32 Å². The molecule has 1 fully saturated rings. The number of piperidine rings is 1. The Bertz CT molecular complexity index is 790. The molecule has 0 saturated carbocycles. The molecule has 1 aliphatic rings. The van der Waals surface area contributed by atoms with Gasteiger partial charge >= 0.3 is 0 Å². The lowest BCUT2D eigenvalue weighted by Gasteiger charge is -2.37. The van der Waals surface area contributed by atoms with E-state index in [1.165, 1.54) is 0 Å². The Morgan fingerprint density at radius 3 is 2.41 bits per heavy atom. The number of amides is 1. The van der Waals surface area contributed by atoms with Gasteiger partial charge in [-0.2, -0.15) is 0 Å². The summed E-state index contributed by atoms with van der Waals surface area (Å²) >= 11 is 0. The van der Waals surface area contributed by atoms with E-state index in [4.69, 9.17) is 0 Å². The Kier molecular flexibility index (Phi) is 6.16. The predicted molar refractivity (Wildman–Crippen MR) is 97.8 cm³/mol. The van der Waals surface area contributed by atoms with Crippen molar-refractivity contribution >= 4 is 5.91 Å². The van der Waals surface area contributed by atoms with Crippen molar-refractivity contribution in [3.63, 3.8) is 0 Å². The number of carbonyl (C=O) groups excluding carboxylic acids is 1. The van der Waals surface area contributed by atoms with E-state index in [9.17, 15) is 18.0 Å². The molecule has 0 aromatic heterocycles. The first-order chi connectivity index (χ1) is 13.0. The van der Waals surface area contributed by atoms with Crippen molar-refractivity contribution in [3.8, 4) is 0 Å². The van der Waals surface area contributed by atoms with Crippen molar-refractivity contribution in [2.24, 2.45) is 5.92 Å². The highest BCUT2D eigenvalue weighted by atomic mass is 19.2. The summed E-state index contributed by atoms with van der Waals surface area (Å²) in [7, 11) is 0. The molecule has 3 rings (SSSR count). The van der Waals surface area contributed by atoms with E-state index in [0.717, 1.165) is 43.6 Å². The van der Waals surface area contributed by atoms with Gasteiger partial charge in [-0.3, -0.25) is 9.69 Å². The molecule has 0 spiro atoms. The Morgan fingerprint density at radius 2 is 1.74 bits per heavy atom. The van der Waals surface area contributed by atoms with Gasteiger partial charge in [0.25, 0.3) is 5.91 Å². The summed E-state index contributed by atoms with van der Waals surface area (Å²) < 4.78 is 40.4. The van der Waals surface area contributed by atoms with Crippen LogP contribution in [-0.4, -0.2) is 30.4 Å². The lowest BCUT2D eigenvalue weighted by Crippen LogP contribution is -2.42. The lowest BCUT2D eigenvalue weighted by atomic mass is 9.95. The molecule has 144 valence electrons. The van der Waals surface area contributed by atoms with Gasteiger partial charge in [0.15, 0.2) is 17.5 Å². The van der Waals surface area contributed by atoms with Crippen LogP contribution < -0.4 is 5.32 Å². The van der Waals surface area contributed by atoms with Crippen LogP contribution in [0, 0.1) is 23.4 Å². The molecule has 1 amide bonds. The second-order valence-corrected chi connectivity index (χ2v) is 7.08. The fourth-order valence-electron chi connectivity index (χ4n) is 3.46. The summed E-state index contributed by atoms with van der Waals surface area (Å²) in [5, 5.41) is 2.68. The highest BCUT2D eigenvalue weighted by Crippen LogP contribution is 2.26. The van der Waals surface area contributed by atoms with Gasteiger partial charge in [-0.15, -0.1) is 0 Å². The maximum Gasteiger partial charge on any atom is 0.254 e. The molecule has 0 aliphatic carbocycles. The fraction of sp³-hybridized carbons (Fsp3) is 0.381. The quantitative estimate of drug-likeness (QED) is 0.789. The largest absolute Gasteiger partial charge is 0.350 e. The van der Waals surface area contributed by atoms with Gasteiger partial charge in [0, 0.05) is 6.54 Å². The van der Waals surface area contributed by atoms with Gasteiger partial charge in [-0.05, 0) is 49.5 Å². The van der Waals surface area contributed by atoms with Gasteiger partial charge in [0.2, 0.25) is 0 Å². The summed E-state index contributed by atoms with van der Waals surface area (Å²) in [4.78, 5) is 14.6. The van der Waals surface area contributed by atoms with Crippen LogP contribution in [0.25, 0.3) is 0 Å². The van der Waals surface area contributed by atoms with E-state index >= 15 is 0 Å². The topological polar surface area (TPSA) is 32.3 Å². The monoisotopic (exact) mass is 376 g/mol. The molecule has 3 nitrogen and oxygen atoms in total. The molecule has 27 heavy (non-hydrogen) atoms. The van der Waals surface area contributed by atoms with Crippen LogP contribution in [0.2, 0.25) is 0 Å². The van der Waals surface area contributed by atoms with Crippen LogP contribution in [0.3, 0.4) is 0 Å². The van der Waals surface area contributed by atoms with Crippen molar-refractivity contribution in [2.75, 3.05) is 19.6 Å². The number of hydrogen-bond donors (Lipinski definition) is 1. The Balaban J connectivity index is 1.75. The number of hydrogen-bond acceptors (Lipinski definition) is 2. The van der Waals surface area contributed by atoms with E-state index < -0.39 is 28.9 Å². The van der Waals surface area contributed by atoms with E-state index in [0.29, 0.717) is 5.92 Å². The van der Waals surface area contributed by atoms with E-state index in [2.05, 4.69) is 17.1 Å². The molecule has 0 bridgehead atoms. The van der Waals surface area contributed by atoms with Crippen molar-refractivity contribution < 1.29 is 18.0 Å². The number of rotatable bonds is 5. The summed E-state index contributed by atoms with van der Waals surface area (Å²) in [5.74, 6) is -4.49. The van der Waals surface area contributed by atoms with Crippen LogP contribution >= 0.6 is 0 Å². The molecule has 1 N–H and O–H groups in total. The molecule has 0 radical (unpaired) electrons. The van der Waals surface area contributed by atoms with Gasteiger partial charge in [0.05, 0.1) is 11.6 Å². The molecular formula is C21H23F3N2O. The maximum absolute atomic E-state index is 13.9. The number of likely N-dealkylation sites (tertiary alicyclic amines) is 1. The SMILES string of the molecule is CC1CCN(C(CNC(=O)c2ccc(F)c(F)c2F)c2ccccc2)CC1. The minimum absolute atomic E-state index is 0.0593. The minimum Gasteiger partial charge on any atom is -0.350 e. The van der Waals surface area contributed by atoms with Crippen molar-refractivity contribution in [1.29, 1.82) is 0 Å². The Hall–Kier alpha value is -2.34. The zero-order valence-electron chi connectivity index (χ0n) is 15.2. The van der Waals surface area contributed by atoms with E-state index in [-0.39, 0.29) is 12.6 Å². The molecule has 1 aliphatic heterocycles. The molecular weight excluding hydrogens is 353 g/mol. The summed E-state index contributed by atoms with van der Waals surface area (Å²) in [6.45, 7) is 4.31. The summed E-state index contributed by atoms with van der Waals surface area (Å²) in [6, 6.07) is 11.4. The van der Waals surface area contributed by atoms with Crippen LogP contribution in [0.5, 0.6) is 0 Å². The van der Waals surface area contributed by atoms with Crippen molar-refractivity contribution in [3.05, 3.63) is 71.0 Å². The zero-order chi connectivity index (χ0) is 19.4. The molecule has 1 unspecified atom stereocenters. The summed E-state index contributed by atoms with van der Waals surface area (Å²) in [6.07, 6.45) is 2.16. The van der Waals surface area contributed by atoms with Crippen molar-refractivity contribution in [1.82, 2.24) is 10.2 Å². The second kappa shape index (κ2) is 8.57. The number of benzene rings is 2. The number of halogens is 3. The smallest absolute Gasteiger partial charge is 0.254 e. The molecule has 2 aromatic carbocycles. The van der Waals surface area contributed by atoms with Crippen LogP contribution in [0.15, 0.2) is 42.5 Å². The molecule has 1 heterocycles. The molecule has 6 heteroatoms. The predicted octanol–water partition coefficient (Wildman–Crippen LogP) is 4.31. The standard InChI is InChI=1S/C21H23F3N2O/c1-14-9-11-26(12-10-14)18(15-5-3-2-4-6-15)13-25-21(27)16-7-8-17(22)20(24)19(16)23/h2-8,14,18H,9-13H2,1H3,(H,25,27). The zero-order valence-corrected chi connectivity index (χ0v) is 15.2. The van der Waals surface area contributed by atoms with E-state index in [1.807, 2.05) is 30.3 Å². The van der Waals surface area contributed by atoms with Gasteiger partial charge in [-0.25, -0.2) is 13.2 Å². The number of nitrogens with one attached hydrogen (secondary N) is 1. The Labute approximate surface area is 157 Å². The fourth-order valence-corrected chi connectivity index (χ4v) is 3.46. The number of carbonyl (C=O) groups is 1. The lowest BCUT2D eigenvalue weighted by molar-refractivity contribution is 0.0908. The van der Waals surface area contributed by atoms with Gasteiger partial charge in [0.1, 0.15) is 0 Å². The number of nitrogens with zero attached hydrogens (tertiary/aromatic N) is 1. The third kappa shape index (κ3) is 4.50. The molecule has 2 aromatic rings. The molecule has 1 atom stereocenters. The highest BCUT2D eigenvalue weighted by molar-refractivity contribution is 5.94. The summed E-state index contributed by atoms with van der Waals surface area (Å²) in [5.41, 5.74) is 0.561. The van der Waals surface area contributed by atoms with Gasteiger partial charge in [-0.1, -0.05) is 37.3 Å². The first-order valence-electron chi connectivity index (χ1n) is 9.18. The maximum atomic E-state index is 13.9. The first-order valence-corrected chi connectivity index (χ1v) is 9.18. The van der Waals surface area contributed by atoms with Crippen LogP contribution in [0.4, 0.5) is 13.2 Å². The second-order valence-electron chi connectivity index (χ2n) is 7.08. The van der Waals surface area contributed by atoms with Crippen LogP contribution in [-0.2, 0) is 0 Å². The van der Waals surface area contributed by atoms with E-state index in [1.54, 1.807) is 0 Å². The molecule has 1 saturated heterocycles. The Morgan fingerprint density at radius 1 is 1.07 bits per heavy atom. The first kappa shape index (κ1) is 19.4. The van der Waals surface area contributed by atoms with Crippen LogP contribution in [0.1, 0.15) is 41.7 Å². The normalized spacial score (nSPS) is 16.9. The third-order valence-corrected chi connectivity index (χ3v) is 5.18. The highest BCUT2D eigenvalue weighted by Gasteiger charge is 2.26. The average Bonchev–Trinajstić information content (AvgIpc) is 2.68. The third-order valence-electron chi connectivity index (χ3n) is 5.18.